The Labute approximate surface area is 77.9 Å². The van der Waals surface area contributed by atoms with Gasteiger partial charge in [-0.3, -0.25) is 10.2 Å². The summed E-state index contributed by atoms with van der Waals surface area (Å²) in [6, 6.07) is 7.50. The molecule has 0 aliphatic rings. The Balaban J connectivity index is 2.85. The number of benzene rings is 1. The molecule has 1 aromatic carbocycles. The minimum Gasteiger partial charge on any atom is -0.290 e. The highest BCUT2D eigenvalue weighted by Crippen LogP contribution is 2.06. The molecule has 0 radical (unpaired) electrons. The van der Waals surface area contributed by atoms with Gasteiger partial charge < -0.3 is 0 Å². The highest BCUT2D eigenvalue weighted by molar-refractivity contribution is 5.93. The first-order valence-electron chi connectivity index (χ1n) is 4.37. The van der Waals surface area contributed by atoms with Crippen LogP contribution in [0.25, 0.3) is 0 Å². The normalized spacial score (nSPS) is 9.69. The number of hydrazine groups is 1. The third-order valence-electron chi connectivity index (χ3n) is 1.86. The minimum atomic E-state index is -0.238. The van der Waals surface area contributed by atoms with Crippen LogP contribution in [0.15, 0.2) is 24.3 Å². The summed E-state index contributed by atoms with van der Waals surface area (Å²) in [5.41, 5.74) is 3.90. The molecule has 0 unspecified atom stereocenters. The first kappa shape index (κ1) is 9.74. The van der Waals surface area contributed by atoms with Crippen molar-refractivity contribution in [3.63, 3.8) is 0 Å². The van der Waals surface area contributed by atoms with Crippen molar-refractivity contribution in [2.45, 2.75) is 19.8 Å². The lowest BCUT2D eigenvalue weighted by molar-refractivity contribution is 0.0953. The van der Waals surface area contributed by atoms with Crippen LogP contribution in [0.1, 0.15) is 29.3 Å². The van der Waals surface area contributed by atoms with Gasteiger partial charge in [-0.25, -0.2) is 5.84 Å². The fourth-order valence-corrected chi connectivity index (χ4v) is 1.24. The number of amides is 1. The monoisotopic (exact) mass is 178 g/mol. The molecule has 70 valence electrons. The van der Waals surface area contributed by atoms with Gasteiger partial charge in [0.1, 0.15) is 0 Å². The maximum absolute atomic E-state index is 11.1. The van der Waals surface area contributed by atoms with Gasteiger partial charge in [0, 0.05) is 5.56 Å². The van der Waals surface area contributed by atoms with Gasteiger partial charge in [-0.1, -0.05) is 25.5 Å². The van der Waals surface area contributed by atoms with Crippen LogP contribution in [0.2, 0.25) is 0 Å². The second kappa shape index (κ2) is 4.62. The highest BCUT2D eigenvalue weighted by Gasteiger charge is 2.02. The van der Waals surface area contributed by atoms with Crippen LogP contribution >= 0.6 is 0 Å². The molecular formula is C10H14N2O. The summed E-state index contributed by atoms with van der Waals surface area (Å²) in [6.07, 6.45) is 2.07. The van der Waals surface area contributed by atoms with Crippen molar-refractivity contribution in [3.8, 4) is 0 Å². The summed E-state index contributed by atoms with van der Waals surface area (Å²) in [5.74, 6) is 4.79. The first-order valence-corrected chi connectivity index (χ1v) is 4.37. The Morgan fingerprint density at radius 3 is 2.92 bits per heavy atom. The van der Waals surface area contributed by atoms with Crippen molar-refractivity contribution >= 4 is 5.91 Å². The fraction of sp³-hybridized carbons (Fsp3) is 0.300. The van der Waals surface area contributed by atoms with E-state index in [4.69, 9.17) is 5.84 Å². The summed E-state index contributed by atoms with van der Waals surface area (Å²) < 4.78 is 0. The van der Waals surface area contributed by atoms with Crippen molar-refractivity contribution in [2.75, 3.05) is 0 Å². The molecule has 1 rings (SSSR count). The van der Waals surface area contributed by atoms with Crippen LogP contribution in [0.3, 0.4) is 0 Å². The summed E-state index contributed by atoms with van der Waals surface area (Å²) in [6.45, 7) is 2.11. The van der Waals surface area contributed by atoms with Gasteiger partial charge in [-0.05, 0) is 24.1 Å². The average molecular weight is 178 g/mol. The Kier molecular flexibility index (Phi) is 3.46. The van der Waals surface area contributed by atoms with E-state index in [0.717, 1.165) is 12.8 Å². The number of nitrogens with one attached hydrogen (secondary N) is 1. The lowest BCUT2D eigenvalue weighted by Gasteiger charge is -2.02. The summed E-state index contributed by atoms with van der Waals surface area (Å²) >= 11 is 0. The maximum atomic E-state index is 11.1. The molecule has 1 aromatic rings. The van der Waals surface area contributed by atoms with E-state index in [9.17, 15) is 4.79 Å². The molecule has 0 aromatic heterocycles. The molecule has 3 N–H and O–H groups in total. The molecule has 0 heterocycles. The van der Waals surface area contributed by atoms with Crippen molar-refractivity contribution in [2.24, 2.45) is 5.84 Å². The Hall–Kier alpha value is -1.35. The van der Waals surface area contributed by atoms with Crippen molar-refractivity contribution in [1.82, 2.24) is 5.43 Å². The number of hydrogen-bond donors (Lipinski definition) is 2. The standard InChI is InChI=1S/C10H14N2O/c1-2-4-8-5-3-6-9(7-8)10(13)12-11/h3,5-7H,2,4,11H2,1H3,(H,12,13). The third kappa shape index (κ3) is 2.56. The molecule has 0 fully saturated rings. The smallest absolute Gasteiger partial charge is 0.265 e. The summed E-state index contributed by atoms with van der Waals surface area (Å²) in [4.78, 5) is 11.1. The molecule has 0 saturated carbocycles. The molecule has 0 bridgehead atoms. The van der Waals surface area contributed by atoms with Crippen molar-refractivity contribution < 1.29 is 4.79 Å². The SMILES string of the molecule is CCCc1cccc(C(=O)NN)c1. The zero-order valence-electron chi connectivity index (χ0n) is 7.71. The van der Waals surface area contributed by atoms with Gasteiger partial charge >= 0.3 is 0 Å². The topological polar surface area (TPSA) is 55.1 Å². The van der Waals surface area contributed by atoms with Gasteiger partial charge in [-0.2, -0.15) is 0 Å². The summed E-state index contributed by atoms with van der Waals surface area (Å²) in [7, 11) is 0. The number of aryl methyl sites for hydroxylation is 1. The molecule has 0 atom stereocenters. The third-order valence-corrected chi connectivity index (χ3v) is 1.86. The predicted molar refractivity (Wildman–Crippen MR) is 52.1 cm³/mol. The van der Waals surface area contributed by atoms with Crippen LogP contribution in [-0.2, 0) is 6.42 Å². The maximum Gasteiger partial charge on any atom is 0.265 e. The molecule has 1 amide bonds. The van der Waals surface area contributed by atoms with Crippen molar-refractivity contribution in [3.05, 3.63) is 35.4 Å². The number of nitrogen functional groups attached to an aromatic ring is 1. The van der Waals surface area contributed by atoms with E-state index in [-0.39, 0.29) is 5.91 Å². The molecule has 13 heavy (non-hydrogen) atoms. The minimum absolute atomic E-state index is 0.238. The lowest BCUT2D eigenvalue weighted by atomic mass is 10.1. The molecule has 0 aliphatic carbocycles. The first-order chi connectivity index (χ1) is 6.27. The Bertz CT molecular complexity index is 297. The van der Waals surface area contributed by atoms with E-state index in [1.165, 1.54) is 5.56 Å². The molecule has 3 heteroatoms. The van der Waals surface area contributed by atoms with Gasteiger partial charge in [0.15, 0.2) is 0 Å². The number of carbonyl (C=O) groups excluding carboxylic acids is 1. The van der Waals surface area contributed by atoms with Gasteiger partial charge in [0.05, 0.1) is 0 Å². The summed E-state index contributed by atoms with van der Waals surface area (Å²) in [5, 5.41) is 0. The van der Waals surface area contributed by atoms with Gasteiger partial charge in [0.25, 0.3) is 5.91 Å². The van der Waals surface area contributed by atoms with Crippen LogP contribution < -0.4 is 11.3 Å². The Morgan fingerprint density at radius 1 is 1.54 bits per heavy atom. The van der Waals surface area contributed by atoms with E-state index >= 15 is 0 Å². The fourth-order valence-electron chi connectivity index (χ4n) is 1.24. The van der Waals surface area contributed by atoms with Crippen LogP contribution in [0, 0.1) is 0 Å². The zero-order valence-corrected chi connectivity index (χ0v) is 7.71. The van der Waals surface area contributed by atoms with Gasteiger partial charge in [-0.15, -0.1) is 0 Å². The number of hydrogen-bond acceptors (Lipinski definition) is 2. The van der Waals surface area contributed by atoms with Gasteiger partial charge in [0.2, 0.25) is 0 Å². The zero-order chi connectivity index (χ0) is 9.68. The van der Waals surface area contributed by atoms with E-state index in [2.05, 4.69) is 12.3 Å². The van der Waals surface area contributed by atoms with E-state index in [1.54, 1.807) is 6.07 Å². The molecule has 3 nitrogen and oxygen atoms in total. The second-order valence-electron chi connectivity index (χ2n) is 2.92. The van der Waals surface area contributed by atoms with Crippen LogP contribution in [0.4, 0.5) is 0 Å². The van der Waals surface area contributed by atoms with E-state index < -0.39 is 0 Å². The van der Waals surface area contributed by atoms with Crippen LogP contribution in [0.5, 0.6) is 0 Å². The molecule has 0 saturated heterocycles. The van der Waals surface area contributed by atoms with E-state index in [1.807, 2.05) is 18.2 Å². The number of rotatable bonds is 3. The molecule has 0 spiro atoms. The largest absolute Gasteiger partial charge is 0.290 e. The van der Waals surface area contributed by atoms with Crippen LogP contribution in [-0.4, -0.2) is 5.91 Å². The number of carbonyl (C=O) groups is 1. The Morgan fingerprint density at radius 2 is 2.31 bits per heavy atom. The average Bonchev–Trinajstić information content (AvgIpc) is 2.18. The quantitative estimate of drug-likeness (QED) is 0.415. The lowest BCUT2D eigenvalue weighted by Crippen LogP contribution is -2.29. The van der Waals surface area contributed by atoms with Crippen molar-refractivity contribution in [1.29, 1.82) is 0 Å². The molecular weight excluding hydrogens is 164 g/mol. The highest BCUT2D eigenvalue weighted by atomic mass is 16.2. The molecule has 0 aliphatic heterocycles. The predicted octanol–water partition coefficient (Wildman–Crippen LogP) is 1.24. The van der Waals surface area contributed by atoms with E-state index in [0.29, 0.717) is 5.56 Å². The second-order valence-corrected chi connectivity index (χ2v) is 2.92. The number of nitrogens with two attached hydrogens (primary N) is 1.